The van der Waals surface area contributed by atoms with Gasteiger partial charge in [-0.15, -0.1) is 0 Å². The normalized spacial score (nSPS) is 49.2. The molecule has 0 aromatic heterocycles. The van der Waals surface area contributed by atoms with E-state index in [4.69, 9.17) is 0 Å². The van der Waals surface area contributed by atoms with E-state index < -0.39 is 0 Å². The molecule has 0 aliphatic heterocycles. The van der Waals surface area contributed by atoms with Gasteiger partial charge in [-0.25, -0.2) is 0 Å². The second-order valence-electron chi connectivity index (χ2n) is 12.9. The zero-order valence-electron chi connectivity index (χ0n) is 20.6. The molecule has 0 bridgehead atoms. The van der Waals surface area contributed by atoms with Crippen LogP contribution in [0.4, 0.5) is 0 Å². The van der Waals surface area contributed by atoms with E-state index in [-0.39, 0.29) is 23.0 Å². The lowest BCUT2D eigenvalue weighted by molar-refractivity contribution is -0.0819. The van der Waals surface area contributed by atoms with E-state index >= 15 is 0 Å². The van der Waals surface area contributed by atoms with Gasteiger partial charge >= 0.3 is 0 Å². The molecule has 30 heavy (non-hydrogen) atoms. The Balaban J connectivity index is 1.61. The quantitative estimate of drug-likeness (QED) is 0.487. The van der Waals surface area contributed by atoms with Crippen LogP contribution in [0.1, 0.15) is 106 Å². The van der Waals surface area contributed by atoms with Gasteiger partial charge in [0.15, 0.2) is 0 Å². The summed E-state index contributed by atoms with van der Waals surface area (Å²) < 4.78 is 0. The molecule has 3 saturated carbocycles. The lowest BCUT2D eigenvalue weighted by Gasteiger charge is -2.61. The standard InChI is InChI=1S/C28H48O2/c1-18(2)8-7-9-19(3)24-17-25(30)28(6)23-11-10-20-16-21(29)12-14-26(20,4)22(23)13-15-27(24,28)5/h11,18-22,24-25,29-30H,7-10,12-17H2,1-6H3/t19-,20?,21?,22+,24-,25?,26+,27-,28-/m1/s1. The molecule has 0 aromatic carbocycles. The third kappa shape index (κ3) is 3.26. The first kappa shape index (κ1) is 22.8. The van der Waals surface area contributed by atoms with Crippen LogP contribution in [-0.4, -0.2) is 22.4 Å². The van der Waals surface area contributed by atoms with Crippen molar-refractivity contribution in [3.8, 4) is 0 Å². The van der Waals surface area contributed by atoms with Gasteiger partial charge in [0.25, 0.3) is 0 Å². The van der Waals surface area contributed by atoms with Crippen LogP contribution in [0, 0.1) is 45.8 Å². The zero-order valence-corrected chi connectivity index (χ0v) is 20.6. The van der Waals surface area contributed by atoms with Crippen LogP contribution in [0.2, 0.25) is 0 Å². The lowest BCUT2D eigenvalue weighted by atomic mass is 9.43. The van der Waals surface area contributed by atoms with Crippen molar-refractivity contribution in [2.45, 2.75) is 118 Å². The molecule has 9 atom stereocenters. The number of hydrogen-bond donors (Lipinski definition) is 2. The fourth-order valence-corrected chi connectivity index (χ4v) is 8.87. The lowest BCUT2D eigenvalue weighted by Crippen LogP contribution is -2.55. The van der Waals surface area contributed by atoms with E-state index in [9.17, 15) is 10.2 Å². The molecule has 4 aliphatic carbocycles. The van der Waals surface area contributed by atoms with E-state index in [1.807, 2.05) is 0 Å². The van der Waals surface area contributed by atoms with Crippen LogP contribution < -0.4 is 0 Å². The van der Waals surface area contributed by atoms with Crippen molar-refractivity contribution >= 4 is 0 Å². The van der Waals surface area contributed by atoms with Crippen LogP contribution in [-0.2, 0) is 0 Å². The molecule has 0 spiro atoms. The van der Waals surface area contributed by atoms with Gasteiger partial charge in [-0.3, -0.25) is 0 Å². The number of hydrogen-bond acceptors (Lipinski definition) is 2. The van der Waals surface area contributed by atoms with Crippen molar-refractivity contribution < 1.29 is 10.2 Å². The summed E-state index contributed by atoms with van der Waals surface area (Å²) in [4.78, 5) is 0. The number of allylic oxidation sites excluding steroid dienone is 1. The highest BCUT2D eigenvalue weighted by molar-refractivity contribution is 5.34. The molecule has 0 saturated heterocycles. The number of fused-ring (bicyclic) bond motifs is 5. The Morgan fingerprint density at radius 2 is 1.73 bits per heavy atom. The van der Waals surface area contributed by atoms with Crippen LogP contribution in [0.3, 0.4) is 0 Å². The molecule has 4 aliphatic rings. The SMILES string of the molecule is CC(C)CCC[C@@H](C)[C@H]1CC(O)[C@@]2(C)C3=CCC4CC(O)CC[C@]4(C)[C@H]3CC[C@]12C. The highest BCUT2D eigenvalue weighted by atomic mass is 16.3. The fraction of sp³-hybridized carbons (Fsp3) is 0.929. The second kappa shape index (κ2) is 7.91. The molecular formula is C28H48O2. The summed E-state index contributed by atoms with van der Waals surface area (Å²) in [6, 6.07) is 0. The molecule has 3 fully saturated rings. The summed E-state index contributed by atoms with van der Waals surface area (Å²) in [6.07, 6.45) is 13.9. The van der Waals surface area contributed by atoms with Gasteiger partial charge in [-0.05, 0) is 85.4 Å². The summed E-state index contributed by atoms with van der Waals surface area (Å²) in [5.41, 5.74) is 2.06. The van der Waals surface area contributed by atoms with Crippen LogP contribution in [0.25, 0.3) is 0 Å². The molecule has 0 aromatic rings. The van der Waals surface area contributed by atoms with Crippen molar-refractivity contribution in [2.24, 2.45) is 45.8 Å². The molecule has 0 radical (unpaired) electrons. The minimum absolute atomic E-state index is 0.0725. The predicted molar refractivity (Wildman–Crippen MR) is 125 cm³/mol. The first-order valence-corrected chi connectivity index (χ1v) is 13.1. The molecule has 0 amide bonds. The van der Waals surface area contributed by atoms with E-state index in [1.54, 1.807) is 5.57 Å². The van der Waals surface area contributed by atoms with E-state index in [0.717, 1.165) is 38.0 Å². The van der Waals surface area contributed by atoms with Gasteiger partial charge < -0.3 is 10.2 Å². The maximum absolute atomic E-state index is 11.6. The smallest absolute Gasteiger partial charge is 0.0639 e. The minimum atomic E-state index is -0.205. The van der Waals surface area contributed by atoms with E-state index in [1.165, 1.54) is 32.1 Å². The van der Waals surface area contributed by atoms with Gasteiger partial charge in [-0.1, -0.05) is 72.5 Å². The average Bonchev–Trinajstić information content (AvgIpc) is 2.89. The molecule has 172 valence electrons. The number of aliphatic hydroxyl groups excluding tert-OH is 2. The van der Waals surface area contributed by atoms with Crippen molar-refractivity contribution in [1.82, 2.24) is 0 Å². The average molecular weight is 417 g/mol. The molecule has 3 unspecified atom stereocenters. The zero-order chi connectivity index (χ0) is 21.9. The third-order valence-corrected chi connectivity index (χ3v) is 11.1. The second-order valence-corrected chi connectivity index (χ2v) is 12.9. The van der Waals surface area contributed by atoms with Gasteiger partial charge in [0.05, 0.1) is 12.2 Å². The summed E-state index contributed by atoms with van der Waals surface area (Å²) in [5.74, 6) is 3.33. The van der Waals surface area contributed by atoms with Crippen LogP contribution in [0.15, 0.2) is 11.6 Å². The molecule has 2 N–H and O–H groups in total. The maximum Gasteiger partial charge on any atom is 0.0639 e. The van der Waals surface area contributed by atoms with Crippen molar-refractivity contribution in [3.05, 3.63) is 11.6 Å². The van der Waals surface area contributed by atoms with Gasteiger partial charge in [0.2, 0.25) is 0 Å². The first-order valence-electron chi connectivity index (χ1n) is 13.1. The Bertz CT molecular complexity index is 668. The number of aliphatic hydroxyl groups is 2. The maximum atomic E-state index is 11.6. The van der Waals surface area contributed by atoms with Crippen molar-refractivity contribution in [1.29, 1.82) is 0 Å². The third-order valence-electron chi connectivity index (χ3n) is 11.1. The van der Waals surface area contributed by atoms with Gasteiger partial charge in [-0.2, -0.15) is 0 Å². The van der Waals surface area contributed by atoms with E-state index in [0.29, 0.717) is 29.1 Å². The molecule has 0 heterocycles. The Morgan fingerprint density at radius 1 is 1.00 bits per heavy atom. The summed E-state index contributed by atoms with van der Waals surface area (Å²) >= 11 is 0. The topological polar surface area (TPSA) is 40.5 Å². The molecule has 2 nitrogen and oxygen atoms in total. The summed E-state index contributed by atoms with van der Waals surface area (Å²) in [5, 5.41) is 21.8. The van der Waals surface area contributed by atoms with Gasteiger partial charge in [0.1, 0.15) is 0 Å². The van der Waals surface area contributed by atoms with Crippen LogP contribution >= 0.6 is 0 Å². The number of rotatable bonds is 5. The van der Waals surface area contributed by atoms with Gasteiger partial charge in [0, 0.05) is 5.41 Å². The first-order chi connectivity index (χ1) is 14.0. The fourth-order valence-electron chi connectivity index (χ4n) is 8.87. The Labute approximate surface area is 185 Å². The molecule has 4 rings (SSSR count). The molecule has 2 heteroatoms. The van der Waals surface area contributed by atoms with Crippen molar-refractivity contribution in [2.75, 3.05) is 0 Å². The highest BCUT2D eigenvalue weighted by Gasteiger charge is 2.66. The summed E-state index contributed by atoms with van der Waals surface area (Å²) in [7, 11) is 0. The Kier molecular flexibility index (Phi) is 6.02. The molecular weight excluding hydrogens is 368 g/mol. The highest BCUT2D eigenvalue weighted by Crippen LogP contribution is 2.72. The van der Waals surface area contributed by atoms with Crippen molar-refractivity contribution in [3.63, 3.8) is 0 Å². The summed E-state index contributed by atoms with van der Waals surface area (Å²) in [6.45, 7) is 14.6. The monoisotopic (exact) mass is 416 g/mol. The largest absolute Gasteiger partial charge is 0.393 e. The van der Waals surface area contributed by atoms with Crippen LogP contribution in [0.5, 0.6) is 0 Å². The van der Waals surface area contributed by atoms with E-state index in [2.05, 4.69) is 47.6 Å². The predicted octanol–water partition coefficient (Wildman–Crippen LogP) is 6.75. The Hall–Kier alpha value is -0.340. The Morgan fingerprint density at radius 3 is 2.43 bits per heavy atom. The minimum Gasteiger partial charge on any atom is -0.393 e.